The van der Waals surface area contributed by atoms with E-state index in [1.807, 2.05) is 24.3 Å². The first kappa shape index (κ1) is 24.5. The molecule has 0 saturated heterocycles. The highest BCUT2D eigenvalue weighted by molar-refractivity contribution is 7.26. The molecule has 194 valence electrons. The highest BCUT2D eigenvalue weighted by Crippen LogP contribution is 2.43. The molecule has 0 aliphatic carbocycles. The van der Waals surface area contributed by atoms with Crippen molar-refractivity contribution in [2.75, 3.05) is 0 Å². The van der Waals surface area contributed by atoms with Crippen LogP contribution in [0.4, 0.5) is 0 Å². The van der Waals surface area contributed by atoms with Crippen LogP contribution < -0.4 is 0 Å². The third kappa shape index (κ3) is 3.90. The molecular weight excluding hydrogens is 549 g/mol. The van der Waals surface area contributed by atoms with Gasteiger partial charge in [-0.1, -0.05) is 72.8 Å². The van der Waals surface area contributed by atoms with E-state index in [2.05, 4.69) is 109 Å². The molecule has 0 amide bonds. The molecule has 2 nitrogen and oxygen atoms in total. The Morgan fingerprint density at radius 3 is 1.26 bits per heavy atom. The first-order valence-corrected chi connectivity index (χ1v) is 15.3. The number of fused-ring (bicyclic) bond motifs is 6. The molecule has 0 radical (unpaired) electrons. The van der Waals surface area contributed by atoms with Gasteiger partial charge in [-0.25, -0.2) is 0 Å². The van der Waals surface area contributed by atoms with Gasteiger partial charge in [-0.2, -0.15) is 10.5 Å². The maximum absolute atomic E-state index is 10.0. The van der Waals surface area contributed by atoms with Gasteiger partial charge in [0.15, 0.2) is 0 Å². The first-order valence-electron chi connectivity index (χ1n) is 13.6. The highest BCUT2D eigenvalue weighted by atomic mass is 32.1. The van der Waals surface area contributed by atoms with Crippen molar-refractivity contribution in [3.8, 4) is 45.5 Å². The molecule has 6 aromatic carbocycles. The number of nitrogens with zero attached hydrogens (tertiary/aromatic N) is 2. The Balaban J connectivity index is 1.33. The fourth-order valence-corrected chi connectivity index (χ4v) is 8.45. The van der Waals surface area contributed by atoms with Crippen LogP contribution >= 0.6 is 22.7 Å². The molecule has 2 heterocycles. The number of benzene rings is 6. The Morgan fingerprint density at radius 1 is 0.405 bits per heavy atom. The Bertz CT molecular complexity index is 2270. The number of hydrogen-bond acceptors (Lipinski definition) is 4. The Morgan fingerprint density at radius 2 is 0.810 bits per heavy atom. The molecule has 42 heavy (non-hydrogen) atoms. The van der Waals surface area contributed by atoms with E-state index in [0.29, 0.717) is 11.1 Å². The lowest BCUT2D eigenvalue weighted by Gasteiger charge is -2.12. The normalized spacial score (nSPS) is 11.3. The number of thiophene rings is 2. The smallest absolute Gasteiger partial charge is 0.0992 e. The van der Waals surface area contributed by atoms with Crippen molar-refractivity contribution in [1.29, 1.82) is 10.5 Å². The summed E-state index contributed by atoms with van der Waals surface area (Å²) in [5.74, 6) is 0. The van der Waals surface area contributed by atoms with Crippen LogP contribution in [0.2, 0.25) is 0 Å². The van der Waals surface area contributed by atoms with Crippen LogP contribution in [0.1, 0.15) is 11.1 Å². The third-order valence-corrected chi connectivity index (χ3v) is 10.3. The van der Waals surface area contributed by atoms with Gasteiger partial charge in [0.05, 0.1) is 23.3 Å². The van der Waals surface area contributed by atoms with E-state index in [9.17, 15) is 10.5 Å². The first-order chi connectivity index (χ1) is 20.7. The fourth-order valence-electron chi connectivity index (χ4n) is 5.98. The van der Waals surface area contributed by atoms with Gasteiger partial charge in [0, 0.05) is 40.3 Å². The van der Waals surface area contributed by atoms with Gasteiger partial charge in [-0.15, -0.1) is 22.7 Å². The highest BCUT2D eigenvalue weighted by Gasteiger charge is 2.15. The molecule has 8 aromatic rings. The summed E-state index contributed by atoms with van der Waals surface area (Å²) in [6.45, 7) is 0. The molecule has 0 saturated carbocycles. The Kier molecular flexibility index (Phi) is 5.66. The second kappa shape index (κ2) is 9.68. The molecule has 4 heteroatoms. The van der Waals surface area contributed by atoms with Gasteiger partial charge in [0.1, 0.15) is 0 Å². The van der Waals surface area contributed by atoms with Gasteiger partial charge in [-0.05, 0) is 81.9 Å². The topological polar surface area (TPSA) is 47.6 Å². The zero-order valence-corrected chi connectivity index (χ0v) is 23.9. The Labute approximate surface area is 250 Å². The maximum Gasteiger partial charge on any atom is 0.0992 e. The molecule has 0 aliphatic heterocycles. The minimum atomic E-state index is 0.594. The van der Waals surface area contributed by atoms with Crippen molar-refractivity contribution < 1.29 is 0 Å². The van der Waals surface area contributed by atoms with Crippen LogP contribution in [-0.2, 0) is 0 Å². The molecule has 0 unspecified atom stereocenters. The van der Waals surface area contributed by atoms with Gasteiger partial charge < -0.3 is 0 Å². The summed E-state index contributed by atoms with van der Waals surface area (Å²) < 4.78 is 4.92. The van der Waals surface area contributed by atoms with Crippen molar-refractivity contribution in [3.05, 3.63) is 132 Å². The zero-order chi connectivity index (χ0) is 28.2. The SMILES string of the molecule is N#Cc1cc(-c2cc(C#N)cc(-c3cccc4c3sc3ccccc34)c2)cc(-c2cccc3c2sc2ccccc23)c1. The lowest BCUT2D eigenvalue weighted by atomic mass is 9.92. The molecule has 0 N–H and O–H groups in total. The monoisotopic (exact) mass is 568 g/mol. The van der Waals surface area contributed by atoms with Gasteiger partial charge >= 0.3 is 0 Å². The standard InChI is InChI=1S/C38H20N2S2/c39-21-23-15-25(19-27(17-23)29-9-5-11-33-31-7-1-3-13-35(31)41-37(29)33)26-16-24(22-40)18-28(20-26)30-10-6-12-34-32-8-2-4-14-36(32)42-38(30)34/h1-20H. The van der Waals surface area contributed by atoms with Crippen molar-refractivity contribution in [2.45, 2.75) is 0 Å². The van der Waals surface area contributed by atoms with Crippen molar-refractivity contribution in [1.82, 2.24) is 0 Å². The average molecular weight is 569 g/mol. The zero-order valence-electron chi connectivity index (χ0n) is 22.3. The van der Waals surface area contributed by atoms with Crippen LogP contribution in [0, 0.1) is 22.7 Å². The summed E-state index contributed by atoms with van der Waals surface area (Å²) in [5, 5.41) is 25.0. The molecule has 0 fully saturated rings. The van der Waals surface area contributed by atoms with Gasteiger partial charge in [0.25, 0.3) is 0 Å². The summed E-state index contributed by atoms with van der Waals surface area (Å²) in [7, 11) is 0. The largest absolute Gasteiger partial charge is 0.192 e. The molecular formula is C38H20N2S2. The van der Waals surface area contributed by atoms with E-state index in [1.54, 1.807) is 22.7 Å². The summed E-state index contributed by atoms with van der Waals surface area (Å²) in [6.07, 6.45) is 0. The molecule has 0 atom stereocenters. The minimum absolute atomic E-state index is 0.594. The number of hydrogen-bond donors (Lipinski definition) is 0. The van der Waals surface area contributed by atoms with Crippen molar-refractivity contribution >= 4 is 63.0 Å². The van der Waals surface area contributed by atoms with Gasteiger partial charge in [0.2, 0.25) is 0 Å². The van der Waals surface area contributed by atoms with E-state index in [1.165, 1.54) is 40.3 Å². The second-order valence-electron chi connectivity index (χ2n) is 10.4. The summed E-state index contributed by atoms with van der Waals surface area (Å²) in [5.41, 5.74) is 7.24. The van der Waals surface area contributed by atoms with Crippen LogP contribution in [0.15, 0.2) is 121 Å². The molecule has 0 bridgehead atoms. The summed E-state index contributed by atoms with van der Waals surface area (Å²) in [4.78, 5) is 0. The van der Waals surface area contributed by atoms with Crippen LogP contribution in [0.3, 0.4) is 0 Å². The van der Waals surface area contributed by atoms with Crippen molar-refractivity contribution in [3.63, 3.8) is 0 Å². The third-order valence-electron chi connectivity index (χ3n) is 7.89. The Hall–Kier alpha value is -5.26. The predicted molar refractivity (Wildman–Crippen MR) is 178 cm³/mol. The summed E-state index contributed by atoms with van der Waals surface area (Å²) >= 11 is 3.56. The fraction of sp³-hybridized carbons (Fsp3) is 0. The summed E-state index contributed by atoms with van der Waals surface area (Å²) in [6, 6.07) is 46.6. The van der Waals surface area contributed by atoms with Crippen LogP contribution in [0.5, 0.6) is 0 Å². The lowest BCUT2D eigenvalue weighted by Crippen LogP contribution is -1.89. The van der Waals surface area contributed by atoms with Crippen molar-refractivity contribution in [2.24, 2.45) is 0 Å². The van der Waals surface area contributed by atoms with Crippen LogP contribution in [0.25, 0.3) is 73.7 Å². The molecule has 0 aliphatic rings. The van der Waals surface area contributed by atoms with E-state index >= 15 is 0 Å². The number of nitriles is 2. The average Bonchev–Trinajstić information content (AvgIpc) is 3.63. The van der Waals surface area contributed by atoms with E-state index < -0.39 is 0 Å². The molecule has 0 spiro atoms. The predicted octanol–water partition coefficient (Wildman–Crippen LogP) is 11.2. The van der Waals surface area contributed by atoms with Crippen LogP contribution in [-0.4, -0.2) is 0 Å². The number of rotatable bonds is 3. The molecule has 2 aromatic heterocycles. The lowest BCUT2D eigenvalue weighted by molar-refractivity contribution is 1.47. The van der Waals surface area contributed by atoms with E-state index in [-0.39, 0.29) is 0 Å². The van der Waals surface area contributed by atoms with E-state index in [0.717, 1.165) is 33.4 Å². The molecule has 8 rings (SSSR count). The maximum atomic E-state index is 10.0. The van der Waals surface area contributed by atoms with Gasteiger partial charge in [-0.3, -0.25) is 0 Å². The second-order valence-corrected chi connectivity index (χ2v) is 12.5. The minimum Gasteiger partial charge on any atom is -0.192 e. The van der Waals surface area contributed by atoms with E-state index in [4.69, 9.17) is 0 Å². The quantitative estimate of drug-likeness (QED) is 0.213.